The molecule has 2 bridgehead atoms. The van der Waals surface area contributed by atoms with Gasteiger partial charge in [0.15, 0.2) is 0 Å². The maximum Gasteiger partial charge on any atom is 0.143 e. The molecule has 6 aromatic rings. The Kier molecular flexibility index (Phi) is 9.23. The highest BCUT2D eigenvalue weighted by Gasteiger charge is 2.41. The Labute approximate surface area is 287 Å². The first-order valence-electron chi connectivity index (χ1n) is 16.7. The fourth-order valence-electron chi connectivity index (χ4n) is 7.24. The summed E-state index contributed by atoms with van der Waals surface area (Å²) >= 11 is 5.29. The monoisotopic (exact) mass is 678 g/mol. The van der Waals surface area contributed by atoms with Gasteiger partial charge in [-0.3, -0.25) is 0 Å². The van der Waals surface area contributed by atoms with E-state index in [1.54, 1.807) is 35.3 Å². The number of rotatable bonds is 8. The summed E-state index contributed by atoms with van der Waals surface area (Å²) in [5.41, 5.74) is 2.13. The number of hydrogen-bond donors (Lipinski definition) is 2. The van der Waals surface area contributed by atoms with Gasteiger partial charge in [0.05, 0.1) is 22.1 Å². The van der Waals surface area contributed by atoms with Crippen molar-refractivity contribution in [3.8, 4) is 5.75 Å². The standard InChI is InChI=1S/C19H19N3OS.C18H19N3S2/c1-2-4-16(23-17-10-12-5-6-13(17)9-12)15(3-1)22-18-14-7-8-24-19(14)21-11-20-18;1-2-6-13(7-3-1)23-16-9-5-4-8-15(16)21-17-14-10-11-22-18(14)20-12-19-17/h1-4,7-8,11-13,17H,5-6,9-10H2,(H,20,21,22);4-5,8-13H,1-3,6-7H2,(H,19,20,21). The van der Waals surface area contributed by atoms with Crippen LogP contribution in [0, 0.1) is 11.8 Å². The SMILES string of the molecule is c1ccc(OC2CC3CCC2C3)c(Nc2ncnc3sccc23)c1.c1ccc(SC2CCCCC2)c(Nc2ncnc3sccc23)c1. The summed E-state index contributed by atoms with van der Waals surface area (Å²) in [5.74, 6) is 4.29. The summed E-state index contributed by atoms with van der Waals surface area (Å²) in [5, 5.41) is 14.0. The number of thiophene rings is 2. The predicted octanol–water partition coefficient (Wildman–Crippen LogP) is 10.9. The molecule has 0 spiro atoms. The molecule has 0 amide bonds. The van der Waals surface area contributed by atoms with E-state index in [4.69, 9.17) is 4.74 Å². The van der Waals surface area contributed by atoms with Gasteiger partial charge in [0.2, 0.25) is 0 Å². The Balaban J connectivity index is 0.000000138. The molecule has 2 aromatic carbocycles. The molecule has 3 atom stereocenters. The first-order chi connectivity index (χ1) is 23.3. The summed E-state index contributed by atoms with van der Waals surface area (Å²) in [6.07, 6.45) is 15.7. The van der Waals surface area contributed by atoms with E-state index in [1.165, 1.54) is 62.7 Å². The highest BCUT2D eigenvalue weighted by atomic mass is 32.2. The van der Waals surface area contributed by atoms with E-state index in [2.05, 4.69) is 84.5 Å². The summed E-state index contributed by atoms with van der Waals surface area (Å²) in [6, 6.07) is 20.9. The second kappa shape index (κ2) is 14.2. The van der Waals surface area contributed by atoms with Crippen molar-refractivity contribution in [2.75, 3.05) is 10.6 Å². The minimum Gasteiger partial charge on any atom is -0.488 e. The molecule has 3 saturated carbocycles. The van der Waals surface area contributed by atoms with Gasteiger partial charge in [-0.05, 0) is 97.5 Å². The Morgan fingerprint density at radius 1 is 0.660 bits per heavy atom. The number of benzene rings is 2. The Hall–Kier alpha value is -3.73. The number of fused-ring (bicyclic) bond motifs is 4. The Bertz CT molecular complexity index is 1950. The molecule has 3 fully saturated rings. The molecule has 9 rings (SSSR count). The maximum absolute atomic E-state index is 6.40. The van der Waals surface area contributed by atoms with Gasteiger partial charge in [0.1, 0.15) is 45.8 Å². The van der Waals surface area contributed by atoms with E-state index >= 15 is 0 Å². The third-order valence-corrected chi connectivity index (χ3v) is 12.7. The van der Waals surface area contributed by atoms with Crippen LogP contribution in [-0.2, 0) is 0 Å². The molecule has 4 heterocycles. The van der Waals surface area contributed by atoms with E-state index in [9.17, 15) is 0 Å². The predicted molar refractivity (Wildman–Crippen MR) is 197 cm³/mol. The van der Waals surface area contributed by atoms with Crippen LogP contribution >= 0.6 is 34.4 Å². The molecule has 0 radical (unpaired) electrons. The van der Waals surface area contributed by atoms with Crippen LogP contribution in [0.3, 0.4) is 0 Å². The van der Waals surface area contributed by atoms with Crippen LogP contribution < -0.4 is 15.4 Å². The number of para-hydroxylation sites is 3. The second-order valence-corrected chi connectivity index (χ2v) is 15.8. The van der Waals surface area contributed by atoms with Crippen molar-refractivity contribution in [1.29, 1.82) is 0 Å². The van der Waals surface area contributed by atoms with Crippen molar-refractivity contribution in [1.82, 2.24) is 19.9 Å². The van der Waals surface area contributed by atoms with Crippen molar-refractivity contribution in [2.45, 2.75) is 74.0 Å². The third kappa shape index (κ3) is 6.96. The van der Waals surface area contributed by atoms with E-state index in [-0.39, 0.29) is 0 Å². The molecule has 3 aliphatic rings. The molecular formula is C37H38N6OS3. The molecule has 0 saturated heterocycles. The van der Waals surface area contributed by atoms with Crippen LogP contribution in [0.25, 0.3) is 20.4 Å². The minimum absolute atomic E-state index is 0.373. The molecule has 10 heteroatoms. The van der Waals surface area contributed by atoms with Gasteiger partial charge in [0.25, 0.3) is 0 Å². The van der Waals surface area contributed by atoms with E-state index in [0.29, 0.717) is 6.10 Å². The molecule has 0 aliphatic heterocycles. The van der Waals surface area contributed by atoms with Crippen LogP contribution in [0.2, 0.25) is 0 Å². The number of ether oxygens (including phenoxy) is 1. The van der Waals surface area contributed by atoms with Crippen LogP contribution in [0.5, 0.6) is 5.75 Å². The van der Waals surface area contributed by atoms with E-state index in [0.717, 1.165) is 66.3 Å². The van der Waals surface area contributed by atoms with Crippen molar-refractivity contribution in [3.05, 3.63) is 84.1 Å². The lowest BCUT2D eigenvalue weighted by atomic mass is 9.98. The van der Waals surface area contributed by atoms with Crippen LogP contribution in [-0.4, -0.2) is 31.3 Å². The minimum atomic E-state index is 0.373. The van der Waals surface area contributed by atoms with E-state index < -0.39 is 0 Å². The number of nitrogens with one attached hydrogen (secondary N) is 2. The zero-order chi connectivity index (χ0) is 31.4. The van der Waals surface area contributed by atoms with Gasteiger partial charge in [-0.2, -0.15) is 0 Å². The normalized spacial score (nSPS) is 20.6. The number of aromatic nitrogens is 4. The zero-order valence-corrected chi connectivity index (χ0v) is 28.6. The summed E-state index contributed by atoms with van der Waals surface area (Å²) in [7, 11) is 0. The van der Waals surface area contributed by atoms with Crippen LogP contribution in [0.15, 0.2) is 89.0 Å². The van der Waals surface area contributed by atoms with Gasteiger partial charge in [-0.15, -0.1) is 34.4 Å². The van der Waals surface area contributed by atoms with Gasteiger partial charge < -0.3 is 15.4 Å². The van der Waals surface area contributed by atoms with Gasteiger partial charge in [-0.1, -0.05) is 43.5 Å². The number of anilines is 4. The highest BCUT2D eigenvalue weighted by molar-refractivity contribution is 8.00. The average molecular weight is 679 g/mol. The zero-order valence-electron chi connectivity index (χ0n) is 26.2. The molecule has 47 heavy (non-hydrogen) atoms. The highest BCUT2D eigenvalue weighted by Crippen LogP contribution is 2.47. The fraction of sp³-hybridized carbons (Fsp3) is 0.351. The first kappa shape index (κ1) is 30.6. The smallest absolute Gasteiger partial charge is 0.143 e. The van der Waals surface area contributed by atoms with Crippen molar-refractivity contribution >= 4 is 77.9 Å². The molecule has 7 nitrogen and oxygen atoms in total. The maximum atomic E-state index is 6.40. The summed E-state index contributed by atoms with van der Waals surface area (Å²) in [4.78, 5) is 20.8. The fourth-order valence-corrected chi connectivity index (χ4v) is 10.0. The lowest BCUT2D eigenvalue weighted by Crippen LogP contribution is -2.23. The number of nitrogens with zero attached hydrogens (tertiary/aromatic N) is 4. The first-order valence-corrected chi connectivity index (χ1v) is 19.3. The Morgan fingerprint density at radius 3 is 2.00 bits per heavy atom. The van der Waals surface area contributed by atoms with Gasteiger partial charge in [0, 0.05) is 10.1 Å². The molecule has 2 N–H and O–H groups in total. The largest absolute Gasteiger partial charge is 0.488 e. The number of thioether (sulfide) groups is 1. The lowest BCUT2D eigenvalue weighted by molar-refractivity contribution is 0.139. The molecule has 3 aliphatic carbocycles. The lowest BCUT2D eigenvalue weighted by Gasteiger charge is -2.24. The molecular weight excluding hydrogens is 641 g/mol. The summed E-state index contributed by atoms with van der Waals surface area (Å²) < 4.78 is 6.40. The van der Waals surface area contributed by atoms with E-state index in [1.807, 2.05) is 29.3 Å². The second-order valence-electron chi connectivity index (χ2n) is 12.7. The van der Waals surface area contributed by atoms with Gasteiger partial charge >= 0.3 is 0 Å². The van der Waals surface area contributed by atoms with Crippen molar-refractivity contribution in [2.24, 2.45) is 11.8 Å². The summed E-state index contributed by atoms with van der Waals surface area (Å²) in [6.45, 7) is 0. The quantitative estimate of drug-likeness (QED) is 0.165. The van der Waals surface area contributed by atoms with Crippen molar-refractivity contribution in [3.63, 3.8) is 0 Å². The molecule has 4 aromatic heterocycles. The van der Waals surface area contributed by atoms with Crippen LogP contribution in [0.1, 0.15) is 57.8 Å². The third-order valence-electron chi connectivity index (χ3n) is 9.60. The molecule has 240 valence electrons. The number of hydrogen-bond acceptors (Lipinski definition) is 10. The van der Waals surface area contributed by atoms with Gasteiger partial charge in [-0.25, -0.2) is 19.9 Å². The topological polar surface area (TPSA) is 84.9 Å². The van der Waals surface area contributed by atoms with Crippen LogP contribution in [0.4, 0.5) is 23.0 Å². The average Bonchev–Trinajstić information content (AvgIpc) is 3.94. The Morgan fingerprint density at radius 2 is 1.32 bits per heavy atom. The molecule has 3 unspecified atom stereocenters. The van der Waals surface area contributed by atoms with Crippen molar-refractivity contribution < 1.29 is 4.74 Å².